The maximum absolute atomic E-state index is 10.4. The molecule has 1 aromatic carbocycles. The van der Waals surface area contributed by atoms with Gasteiger partial charge in [-0.1, -0.05) is 44.5 Å². The summed E-state index contributed by atoms with van der Waals surface area (Å²) in [7, 11) is 0. The van der Waals surface area contributed by atoms with Crippen molar-refractivity contribution in [1.82, 2.24) is 0 Å². The minimum atomic E-state index is -0.732. The van der Waals surface area contributed by atoms with E-state index in [9.17, 15) is 5.11 Å². The van der Waals surface area contributed by atoms with E-state index in [1.807, 2.05) is 45.0 Å². The molecule has 2 heteroatoms. The van der Waals surface area contributed by atoms with Gasteiger partial charge in [-0.25, -0.2) is 0 Å². The van der Waals surface area contributed by atoms with E-state index in [0.29, 0.717) is 11.4 Å². The monoisotopic (exact) mass is 212 g/mol. The van der Waals surface area contributed by atoms with Crippen LogP contribution in [0.3, 0.4) is 0 Å². The second-order valence-electron chi connectivity index (χ2n) is 3.94. The number of aliphatic hydroxyl groups is 1. The van der Waals surface area contributed by atoms with E-state index in [1.165, 1.54) is 0 Å². The normalized spacial score (nSPS) is 15.6. The molecule has 1 aromatic rings. The van der Waals surface area contributed by atoms with E-state index in [4.69, 9.17) is 11.6 Å². The zero-order valence-corrected chi connectivity index (χ0v) is 9.67. The van der Waals surface area contributed by atoms with Gasteiger partial charge in [-0.15, -0.1) is 0 Å². The van der Waals surface area contributed by atoms with Crippen LogP contribution >= 0.6 is 11.6 Å². The molecule has 1 rings (SSSR count). The van der Waals surface area contributed by atoms with E-state index >= 15 is 0 Å². The van der Waals surface area contributed by atoms with Crippen molar-refractivity contribution in [3.05, 3.63) is 34.9 Å². The van der Waals surface area contributed by atoms with E-state index in [-0.39, 0.29) is 5.92 Å². The SMILES string of the molecule is CCC(O)(c1ccc(Cl)cc1)C(C)C. The number of halogens is 1. The minimum absolute atomic E-state index is 0.202. The molecule has 0 aliphatic heterocycles. The Bertz CT molecular complexity index is 292. The van der Waals surface area contributed by atoms with Crippen molar-refractivity contribution < 1.29 is 5.11 Å². The molecule has 0 fully saturated rings. The first-order valence-electron chi connectivity index (χ1n) is 4.99. The van der Waals surface area contributed by atoms with Gasteiger partial charge >= 0.3 is 0 Å². The topological polar surface area (TPSA) is 20.2 Å². The average Bonchev–Trinajstić information content (AvgIpc) is 2.17. The predicted molar refractivity (Wildman–Crippen MR) is 60.5 cm³/mol. The Morgan fingerprint density at radius 2 is 1.79 bits per heavy atom. The molecule has 0 aromatic heterocycles. The second-order valence-corrected chi connectivity index (χ2v) is 4.38. The molecule has 1 nitrogen and oxygen atoms in total. The highest BCUT2D eigenvalue weighted by atomic mass is 35.5. The van der Waals surface area contributed by atoms with Crippen LogP contribution in [-0.4, -0.2) is 5.11 Å². The van der Waals surface area contributed by atoms with Gasteiger partial charge in [-0.2, -0.15) is 0 Å². The molecule has 1 unspecified atom stereocenters. The molecule has 1 N–H and O–H groups in total. The fourth-order valence-electron chi connectivity index (χ4n) is 1.68. The average molecular weight is 213 g/mol. The fraction of sp³-hybridized carbons (Fsp3) is 0.500. The van der Waals surface area contributed by atoms with Crippen molar-refractivity contribution in [2.45, 2.75) is 32.8 Å². The molecule has 0 saturated heterocycles. The molecule has 0 saturated carbocycles. The van der Waals surface area contributed by atoms with Crippen LogP contribution in [0.25, 0.3) is 0 Å². The summed E-state index contributed by atoms with van der Waals surface area (Å²) in [4.78, 5) is 0. The van der Waals surface area contributed by atoms with Gasteiger partial charge in [0.2, 0.25) is 0 Å². The van der Waals surface area contributed by atoms with Gasteiger partial charge in [-0.05, 0) is 30.0 Å². The quantitative estimate of drug-likeness (QED) is 0.812. The van der Waals surface area contributed by atoms with Gasteiger partial charge in [0.15, 0.2) is 0 Å². The zero-order chi connectivity index (χ0) is 10.8. The maximum atomic E-state index is 10.4. The molecule has 0 amide bonds. The third kappa shape index (κ3) is 2.10. The maximum Gasteiger partial charge on any atom is 0.0916 e. The van der Waals surface area contributed by atoms with Crippen molar-refractivity contribution in [1.29, 1.82) is 0 Å². The van der Waals surface area contributed by atoms with Crippen LogP contribution in [0.2, 0.25) is 5.02 Å². The van der Waals surface area contributed by atoms with Gasteiger partial charge in [0, 0.05) is 5.02 Å². The van der Waals surface area contributed by atoms with E-state index in [0.717, 1.165) is 5.56 Å². The second kappa shape index (κ2) is 4.33. The molecular weight excluding hydrogens is 196 g/mol. The molecule has 0 aliphatic rings. The third-order valence-electron chi connectivity index (χ3n) is 2.84. The van der Waals surface area contributed by atoms with E-state index < -0.39 is 5.60 Å². The lowest BCUT2D eigenvalue weighted by Crippen LogP contribution is -2.30. The third-order valence-corrected chi connectivity index (χ3v) is 3.09. The Morgan fingerprint density at radius 1 is 1.29 bits per heavy atom. The summed E-state index contributed by atoms with van der Waals surface area (Å²) in [6.45, 7) is 6.05. The molecule has 0 spiro atoms. The molecule has 0 heterocycles. The summed E-state index contributed by atoms with van der Waals surface area (Å²) in [5.41, 5.74) is 0.212. The largest absolute Gasteiger partial charge is 0.385 e. The van der Waals surface area contributed by atoms with Crippen LogP contribution in [0, 0.1) is 5.92 Å². The standard InChI is InChI=1S/C12H17ClO/c1-4-12(14,9(2)3)10-5-7-11(13)8-6-10/h5-9,14H,4H2,1-3H3. The Kier molecular flexibility index (Phi) is 3.57. The Morgan fingerprint density at radius 3 is 2.14 bits per heavy atom. The summed E-state index contributed by atoms with van der Waals surface area (Å²) < 4.78 is 0. The van der Waals surface area contributed by atoms with Crippen molar-refractivity contribution in [3.63, 3.8) is 0 Å². The van der Waals surface area contributed by atoms with Crippen LogP contribution in [0.4, 0.5) is 0 Å². The van der Waals surface area contributed by atoms with Crippen LogP contribution in [0.5, 0.6) is 0 Å². The lowest BCUT2D eigenvalue weighted by atomic mass is 9.81. The van der Waals surface area contributed by atoms with E-state index in [1.54, 1.807) is 0 Å². The van der Waals surface area contributed by atoms with Gasteiger partial charge in [0.25, 0.3) is 0 Å². The van der Waals surface area contributed by atoms with Crippen molar-refractivity contribution in [2.75, 3.05) is 0 Å². The number of benzene rings is 1. The molecule has 0 radical (unpaired) electrons. The number of hydrogen-bond donors (Lipinski definition) is 1. The molecule has 78 valence electrons. The summed E-state index contributed by atoms with van der Waals surface area (Å²) in [5.74, 6) is 0.202. The highest BCUT2D eigenvalue weighted by Gasteiger charge is 2.30. The van der Waals surface area contributed by atoms with Crippen molar-refractivity contribution >= 4 is 11.6 Å². The van der Waals surface area contributed by atoms with Gasteiger partial charge in [0.1, 0.15) is 0 Å². The summed E-state index contributed by atoms with van der Waals surface area (Å²) >= 11 is 5.80. The summed E-state index contributed by atoms with van der Waals surface area (Å²) in [5, 5.41) is 11.1. The van der Waals surface area contributed by atoms with Crippen LogP contribution in [0.1, 0.15) is 32.8 Å². The highest BCUT2D eigenvalue weighted by molar-refractivity contribution is 6.30. The number of rotatable bonds is 3. The van der Waals surface area contributed by atoms with Crippen LogP contribution in [-0.2, 0) is 5.60 Å². The highest BCUT2D eigenvalue weighted by Crippen LogP contribution is 2.33. The zero-order valence-electron chi connectivity index (χ0n) is 8.92. The molecule has 0 aliphatic carbocycles. The fourth-order valence-corrected chi connectivity index (χ4v) is 1.81. The van der Waals surface area contributed by atoms with Crippen LogP contribution in [0.15, 0.2) is 24.3 Å². The lowest BCUT2D eigenvalue weighted by Gasteiger charge is -2.31. The van der Waals surface area contributed by atoms with E-state index in [2.05, 4.69) is 0 Å². The first kappa shape index (κ1) is 11.5. The van der Waals surface area contributed by atoms with Gasteiger partial charge in [0.05, 0.1) is 5.60 Å². The Labute approximate surface area is 90.7 Å². The summed E-state index contributed by atoms with van der Waals surface area (Å²) in [6.07, 6.45) is 0.715. The minimum Gasteiger partial charge on any atom is -0.385 e. The molecular formula is C12H17ClO. The summed E-state index contributed by atoms with van der Waals surface area (Å²) in [6, 6.07) is 7.43. The van der Waals surface area contributed by atoms with Crippen LogP contribution < -0.4 is 0 Å². The lowest BCUT2D eigenvalue weighted by molar-refractivity contribution is -0.0140. The Hall–Kier alpha value is -0.530. The van der Waals surface area contributed by atoms with Crippen molar-refractivity contribution in [3.8, 4) is 0 Å². The molecule has 0 bridgehead atoms. The van der Waals surface area contributed by atoms with Gasteiger partial charge < -0.3 is 5.11 Å². The predicted octanol–water partition coefficient (Wildman–Crippen LogP) is 3.59. The molecule has 1 atom stereocenters. The number of hydrogen-bond acceptors (Lipinski definition) is 1. The first-order chi connectivity index (χ1) is 6.50. The first-order valence-corrected chi connectivity index (χ1v) is 5.37. The Balaban J connectivity index is 3.06. The smallest absolute Gasteiger partial charge is 0.0916 e. The van der Waals surface area contributed by atoms with Gasteiger partial charge in [-0.3, -0.25) is 0 Å². The molecule has 14 heavy (non-hydrogen) atoms. The van der Waals surface area contributed by atoms with Crippen molar-refractivity contribution in [2.24, 2.45) is 5.92 Å².